The highest BCUT2D eigenvalue weighted by Crippen LogP contribution is 2.27. The highest BCUT2D eigenvalue weighted by atomic mass is 35.5. The Morgan fingerprint density at radius 3 is 2.94 bits per heavy atom. The summed E-state index contributed by atoms with van der Waals surface area (Å²) in [6, 6.07) is 1.02. The van der Waals surface area contributed by atoms with E-state index in [-0.39, 0.29) is 22.2 Å². The maximum Gasteiger partial charge on any atom is 0.309 e. The number of rotatable bonds is 3. The Kier molecular flexibility index (Phi) is 2.76. The van der Waals surface area contributed by atoms with Gasteiger partial charge in [0.1, 0.15) is 11.5 Å². The molecule has 0 atom stereocenters. The molecule has 2 aromatic rings. The smallest absolute Gasteiger partial charge is 0.309 e. The molecule has 17 heavy (non-hydrogen) atoms. The molecule has 2 heterocycles. The van der Waals surface area contributed by atoms with Crippen molar-refractivity contribution in [2.75, 3.05) is 0 Å². The zero-order valence-electron chi connectivity index (χ0n) is 8.22. The van der Waals surface area contributed by atoms with Crippen LogP contribution in [0, 0.1) is 10.7 Å². The second-order valence-corrected chi connectivity index (χ2v) is 3.65. The Morgan fingerprint density at radius 1 is 1.65 bits per heavy atom. The van der Waals surface area contributed by atoms with E-state index in [1.54, 1.807) is 0 Å². The van der Waals surface area contributed by atoms with Gasteiger partial charge in [-0.1, -0.05) is 11.6 Å². The lowest BCUT2D eigenvalue weighted by Gasteiger charge is -1.96. The molecule has 0 saturated heterocycles. The molecule has 0 aliphatic heterocycles. The fourth-order valence-corrected chi connectivity index (χ4v) is 1.70. The SMILES string of the molecule is O=Nc1c(CC(=O)O)nc2c(Cl)cc(F)cn12. The van der Waals surface area contributed by atoms with Crippen molar-refractivity contribution in [2.24, 2.45) is 5.18 Å². The minimum atomic E-state index is -1.17. The van der Waals surface area contributed by atoms with E-state index in [0.717, 1.165) is 16.7 Å². The molecule has 0 unspecified atom stereocenters. The van der Waals surface area contributed by atoms with E-state index in [9.17, 15) is 14.1 Å². The van der Waals surface area contributed by atoms with Crippen molar-refractivity contribution in [1.29, 1.82) is 0 Å². The van der Waals surface area contributed by atoms with E-state index < -0.39 is 18.2 Å². The van der Waals surface area contributed by atoms with Crippen molar-refractivity contribution in [3.8, 4) is 0 Å². The molecular weight excluding hydrogens is 253 g/mol. The maximum atomic E-state index is 13.1. The third-order valence-corrected chi connectivity index (χ3v) is 2.37. The largest absolute Gasteiger partial charge is 0.481 e. The van der Waals surface area contributed by atoms with Gasteiger partial charge >= 0.3 is 5.97 Å². The third-order valence-electron chi connectivity index (χ3n) is 2.09. The van der Waals surface area contributed by atoms with E-state index in [1.165, 1.54) is 0 Å². The summed E-state index contributed by atoms with van der Waals surface area (Å²) in [5, 5.41) is 11.3. The summed E-state index contributed by atoms with van der Waals surface area (Å²) in [5.41, 5.74) is 0.0407. The molecule has 2 aromatic heterocycles. The molecule has 0 amide bonds. The zero-order chi connectivity index (χ0) is 12.6. The molecule has 6 nitrogen and oxygen atoms in total. The number of carbonyl (C=O) groups is 1. The second-order valence-electron chi connectivity index (χ2n) is 3.24. The number of aromatic nitrogens is 2. The summed E-state index contributed by atoms with van der Waals surface area (Å²) in [6.45, 7) is 0. The summed E-state index contributed by atoms with van der Waals surface area (Å²) < 4.78 is 14.1. The van der Waals surface area contributed by atoms with Crippen molar-refractivity contribution in [2.45, 2.75) is 6.42 Å². The van der Waals surface area contributed by atoms with Crippen LogP contribution in [0.2, 0.25) is 5.02 Å². The first-order valence-electron chi connectivity index (χ1n) is 4.44. The van der Waals surface area contributed by atoms with Gasteiger partial charge in [-0.2, -0.15) is 0 Å². The van der Waals surface area contributed by atoms with Crippen LogP contribution in [-0.4, -0.2) is 20.5 Å². The van der Waals surface area contributed by atoms with E-state index in [2.05, 4.69) is 10.2 Å². The molecule has 88 valence electrons. The highest BCUT2D eigenvalue weighted by Gasteiger charge is 2.18. The van der Waals surface area contributed by atoms with Crippen molar-refractivity contribution in [3.05, 3.63) is 33.7 Å². The Balaban J connectivity index is 2.74. The molecule has 0 aliphatic carbocycles. The van der Waals surface area contributed by atoms with Crippen LogP contribution < -0.4 is 0 Å². The Morgan fingerprint density at radius 2 is 2.35 bits per heavy atom. The van der Waals surface area contributed by atoms with Gasteiger partial charge < -0.3 is 5.11 Å². The fourth-order valence-electron chi connectivity index (χ4n) is 1.47. The number of hydrogen-bond donors (Lipinski definition) is 1. The van der Waals surface area contributed by atoms with Gasteiger partial charge in [-0.15, -0.1) is 4.91 Å². The first-order chi connectivity index (χ1) is 8.02. The third kappa shape index (κ3) is 1.96. The predicted molar refractivity (Wildman–Crippen MR) is 57.0 cm³/mol. The van der Waals surface area contributed by atoms with Crippen LogP contribution in [0.1, 0.15) is 5.69 Å². The molecule has 0 fully saturated rings. The van der Waals surface area contributed by atoms with Crippen LogP contribution in [0.15, 0.2) is 17.4 Å². The number of carboxylic acids is 1. The maximum absolute atomic E-state index is 13.1. The summed E-state index contributed by atoms with van der Waals surface area (Å²) >= 11 is 5.73. The van der Waals surface area contributed by atoms with Gasteiger partial charge in [-0.25, -0.2) is 9.37 Å². The number of fused-ring (bicyclic) bond motifs is 1. The highest BCUT2D eigenvalue weighted by molar-refractivity contribution is 6.33. The quantitative estimate of drug-likeness (QED) is 0.854. The van der Waals surface area contributed by atoms with Gasteiger partial charge in [0.25, 0.3) is 0 Å². The van der Waals surface area contributed by atoms with Gasteiger partial charge in [0.15, 0.2) is 5.65 Å². The first kappa shape index (κ1) is 11.5. The monoisotopic (exact) mass is 257 g/mol. The summed E-state index contributed by atoms with van der Waals surface area (Å²) in [4.78, 5) is 25.1. The molecule has 0 aliphatic rings. The number of nitroso groups, excluding NO2 is 1. The van der Waals surface area contributed by atoms with Crippen LogP contribution in [0.5, 0.6) is 0 Å². The fraction of sp³-hybridized carbons (Fsp3) is 0.111. The first-order valence-corrected chi connectivity index (χ1v) is 4.82. The standard InChI is InChI=1S/C9H5ClFN3O3/c10-5-1-4(11)3-14-8(5)12-6(2-7(15)16)9(14)13-17/h1,3H,2H2,(H,15,16). The van der Waals surface area contributed by atoms with E-state index in [4.69, 9.17) is 16.7 Å². The molecule has 0 saturated carbocycles. The molecular formula is C9H5ClFN3O3. The van der Waals surface area contributed by atoms with E-state index in [0.29, 0.717) is 0 Å². The Bertz CT molecular complexity index is 625. The molecule has 0 bridgehead atoms. The molecule has 2 rings (SSSR count). The summed E-state index contributed by atoms with van der Waals surface area (Å²) in [5.74, 6) is -2.11. The van der Waals surface area contributed by atoms with E-state index in [1.807, 2.05) is 0 Å². The van der Waals surface area contributed by atoms with Crippen molar-refractivity contribution in [1.82, 2.24) is 9.38 Å². The van der Waals surface area contributed by atoms with Gasteiger partial charge in [0.2, 0.25) is 5.82 Å². The molecule has 1 N–H and O–H groups in total. The average Bonchev–Trinajstić information content (AvgIpc) is 2.54. The van der Waals surface area contributed by atoms with Gasteiger partial charge in [-0.05, 0) is 11.2 Å². The lowest BCUT2D eigenvalue weighted by atomic mass is 10.3. The number of halogens is 2. The topological polar surface area (TPSA) is 84.0 Å². The number of hydrogen-bond acceptors (Lipinski definition) is 4. The summed E-state index contributed by atoms with van der Waals surface area (Å²) in [7, 11) is 0. The van der Waals surface area contributed by atoms with Crippen LogP contribution >= 0.6 is 11.6 Å². The minimum absolute atomic E-state index is 0.0217. The van der Waals surface area contributed by atoms with Crippen molar-refractivity contribution >= 4 is 29.0 Å². The van der Waals surface area contributed by atoms with Crippen molar-refractivity contribution < 1.29 is 14.3 Å². The van der Waals surface area contributed by atoms with Crippen LogP contribution in [-0.2, 0) is 11.2 Å². The van der Waals surface area contributed by atoms with Gasteiger partial charge in [0, 0.05) is 6.20 Å². The minimum Gasteiger partial charge on any atom is -0.481 e. The predicted octanol–water partition coefficient (Wildman–Crippen LogP) is 2.15. The van der Waals surface area contributed by atoms with Crippen LogP contribution in [0.25, 0.3) is 5.65 Å². The lowest BCUT2D eigenvalue weighted by molar-refractivity contribution is -0.136. The number of pyridine rings is 1. The molecule has 0 radical (unpaired) electrons. The van der Waals surface area contributed by atoms with E-state index >= 15 is 0 Å². The van der Waals surface area contributed by atoms with Crippen molar-refractivity contribution in [3.63, 3.8) is 0 Å². The normalized spacial score (nSPS) is 10.7. The number of carboxylic acid groups (broad SMARTS) is 1. The Hall–Kier alpha value is -2.02. The average molecular weight is 258 g/mol. The van der Waals surface area contributed by atoms with Gasteiger partial charge in [0.05, 0.1) is 11.4 Å². The molecule has 0 aromatic carbocycles. The Labute approximate surface area is 98.6 Å². The number of nitrogens with zero attached hydrogens (tertiary/aromatic N) is 3. The number of imidazole rings is 1. The molecule has 0 spiro atoms. The van der Waals surface area contributed by atoms with Crippen LogP contribution in [0.4, 0.5) is 10.2 Å². The lowest BCUT2D eigenvalue weighted by Crippen LogP contribution is -2.00. The van der Waals surface area contributed by atoms with Crippen LogP contribution in [0.3, 0.4) is 0 Å². The zero-order valence-corrected chi connectivity index (χ0v) is 8.98. The summed E-state index contributed by atoms with van der Waals surface area (Å²) in [6.07, 6.45) is 0.483. The number of aliphatic carboxylic acids is 1. The molecule has 8 heteroatoms. The second kappa shape index (κ2) is 4.10. The van der Waals surface area contributed by atoms with Gasteiger partial charge in [-0.3, -0.25) is 9.20 Å².